The molecule has 0 radical (unpaired) electrons. The molecule has 3 rings (SSSR count). The van der Waals surface area contributed by atoms with Crippen LogP contribution in [0.4, 0.5) is 8.78 Å². The Balaban J connectivity index is 1.49. The van der Waals surface area contributed by atoms with Crippen molar-refractivity contribution in [3.63, 3.8) is 0 Å². The molecule has 2 saturated carbocycles. The Labute approximate surface area is 177 Å². The maximum atomic E-state index is 12.6. The van der Waals surface area contributed by atoms with E-state index in [4.69, 9.17) is 16.3 Å². The van der Waals surface area contributed by atoms with E-state index in [1.807, 2.05) is 0 Å². The molecule has 3 nitrogen and oxygen atoms in total. The number of hydrogen-bond acceptors (Lipinski definition) is 3. The van der Waals surface area contributed by atoms with Crippen molar-refractivity contribution >= 4 is 17.6 Å². The van der Waals surface area contributed by atoms with Crippen LogP contribution in [0.1, 0.15) is 81.5 Å². The van der Waals surface area contributed by atoms with Gasteiger partial charge in [-0.3, -0.25) is 0 Å². The van der Waals surface area contributed by atoms with Gasteiger partial charge in [0.25, 0.3) is 0 Å². The van der Waals surface area contributed by atoms with Crippen LogP contribution < -0.4 is 4.74 Å². The minimum absolute atomic E-state index is 0.00827. The van der Waals surface area contributed by atoms with Gasteiger partial charge in [-0.15, -0.1) is 0 Å². The zero-order valence-electron chi connectivity index (χ0n) is 17.0. The minimum Gasteiger partial charge on any atom is -0.459 e. The predicted octanol–water partition coefficient (Wildman–Crippen LogP) is 7.26. The molecular formula is C23H31ClF2O3. The van der Waals surface area contributed by atoms with Crippen molar-refractivity contribution in [2.75, 3.05) is 0 Å². The molecule has 2 aliphatic carbocycles. The molecule has 0 bridgehead atoms. The third kappa shape index (κ3) is 6.31. The fourth-order valence-electron chi connectivity index (χ4n) is 5.11. The van der Waals surface area contributed by atoms with E-state index in [-0.39, 0.29) is 22.4 Å². The lowest BCUT2D eigenvalue weighted by atomic mass is 9.70. The van der Waals surface area contributed by atoms with Gasteiger partial charge in [-0.2, -0.15) is 8.78 Å². The number of ether oxygens (including phenoxy) is 2. The van der Waals surface area contributed by atoms with Crippen LogP contribution in [0.25, 0.3) is 0 Å². The third-order valence-electron chi connectivity index (χ3n) is 6.63. The molecule has 0 heterocycles. The Morgan fingerprint density at radius 3 is 2.28 bits per heavy atom. The normalized spacial score (nSPS) is 27.6. The van der Waals surface area contributed by atoms with Crippen molar-refractivity contribution in [3.8, 4) is 5.75 Å². The van der Waals surface area contributed by atoms with Crippen LogP contribution in [0.2, 0.25) is 5.02 Å². The molecule has 6 heteroatoms. The van der Waals surface area contributed by atoms with Gasteiger partial charge in [0, 0.05) is 5.02 Å². The highest BCUT2D eigenvalue weighted by Gasteiger charge is 2.32. The second kappa shape index (κ2) is 10.6. The number of esters is 1. The summed E-state index contributed by atoms with van der Waals surface area (Å²) in [6.07, 6.45) is 11.7. The van der Waals surface area contributed by atoms with Crippen LogP contribution in [-0.4, -0.2) is 18.7 Å². The second-order valence-electron chi connectivity index (χ2n) is 8.53. The molecule has 0 amide bonds. The van der Waals surface area contributed by atoms with E-state index in [1.165, 1.54) is 56.7 Å². The summed E-state index contributed by atoms with van der Waals surface area (Å²) in [7, 11) is 0. The average Bonchev–Trinajstić information content (AvgIpc) is 2.69. The van der Waals surface area contributed by atoms with Crippen LogP contribution in [0.15, 0.2) is 18.2 Å². The topological polar surface area (TPSA) is 35.5 Å². The molecule has 0 aliphatic heterocycles. The zero-order valence-corrected chi connectivity index (χ0v) is 17.8. The van der Waals surface area contributed by atoms with E-state index in [0.717, 1.165) is 43.4 Å². The smallest absolute Gasteiger partial charge is 0.387 e. The number of carbonyl (C=O) groups is 1. The Hall–Kier alpha value is -1.36. The molecule has 2 fully saturated rings. The summed E-state index contributed by atoms with van der Waals surface area (Å²) < 4.78 is 35.3. The van der Waals surface area contributed by atoms with E-state index in [0.29, 0.717) is 0 Å². The van der Waals surface area contributed by atoms with Crippen LogP contribution >= 0.6 is 11.6 Å². The second-order valence-corrected chi connectivity index (χ2v) is 8.97. The Morgan fingerprint density at radius 2 is 1.69 bits per heavy atom. The molecule has 29 heavy (non-hydrogen) atoms. The summed E-state index contributed by atoms with van der Waals surface area (Å²) in [6, 6.07) is 4.07. The third-order valence-corrected chi connectivity index (χ3v) is 6.86. The highest BCUT2D eigenvalue weighted by molar-refractivity contribution is 6.30. The highest BCUT2D eigenvalue weighted by Crippen LogP contribution is 2.41. The molecule has 0 unspecified atom stereocenters. The monoisotopic (exact) mass is 428 g/mol. The van der Waals surface area contributed by atoms with Gasteiger partial charge in [0.15, 0.2) is 0 Å². The fourth-order valence-corrected chi connectivity index (χ4v) is 5.27. The lowest BCUT2D eigenvalue weighted by Gasteiger charge is -2.37. The summed E-state index contributed by atoms with van der Waals surface area (Å²) in [5, 5.41) is 0.228. The average molecular weight is 429 g/mol. The van der Waals surface area contributed by atoms with Gasteiger partial charge >= 0.3 is 12.6 Å². The number of hydrogen-bond donors (Lipinski definition) is 0. The maximum absolute atomic E-state index is 12.6. The first-order chi connectivity index (χ1) is 14.0. The summed E-state index contributed by atoms with van der Waals surface area (Å²) >= 11 is 5.84. The van der Waals surface area contributed by atoms with E-state index in [1.54, 1.807) is 0 Å². The van der Waals surface area contributed by atoms with Gasteiger partial charge in [0.2, 0.25) is 0 Å². The van der Waals surface area contributed by atoms with Gasteiger partial charge in [-0.05, 0) is 74.5 Å². The number of rotatable bonds is 7. The number of benzene rings is 1. The Morgan fingerprint density at radius 1 is 1.07 bits per heavy atom. The van der Waals surface area contributed by atoms with Crippen LogP contribution in [0, 0.1) is 17.8 Å². The van der Waals surface area contributed by atoms with Crippen LogP contribution in [-0.2, 0) is 4.74 Å². The summed E-state index contributed by atoms with van der Waals surface area (Å²) in [4.78, 5) is 12.5. The first-order valence-corrected chi connectivity index (χ1v) is 11.3. The molecule has 0 atom stereocenters. The standard InChI is InChI=1S/C23H31ClF2O3/c1-2-3-15-4-6-16(7-5-15)17-8-11-19(12-9-17)28-22(27)20-13-10-18(24)14-21(20)29-23(25)26/h10,13-17,19,23H,2-9,11-12H2,1H3. The van der Waals surface area contributed by atoms with Crippen molar-refractivity contribution in [3.05, 3.63) is 28.8 Å². The lowest BCUT2D eigenvalue weighted by molar-refractivity contribution is -0.0507. The maximum Gasteiger partial charge on any atom is 0.387 e. The number of alkyl halides is 2. The van der Waals surface area contributed by atoms with Crippen molar-refractivity contribution < 1.29 is 23.0 Å². The predicted molar refractivity (Wildman–Crippen MR) is 110 cm³/mol. The number of halogens is 3. The van der Waals surface area contributed by atoms with E-state index < -0.39 is 12.6 Å². The first-order valence-electron chi connectivity index (χ1n) is 10.9. The lowest BCUT2D eigenvalue weighted by Crippen LogP contribution is -2.30. The number of carbonyl (C=O) groups excluding carboxylic acids is 1. The molecular weight excluding hydrogens is 398 g/mol. The molecule has 1 aromatic carbocycles. The van der Waals surface area contributed by atoms with Crippen molar-refractivity contribution in [1.29, 1.82) is 0 Å². The SMILES string of the molecule is CCCC1CCC(C2CCC(OC(=O)c3ccc(Cl)cc3OC(F)F)CC2)CC1. The van der Waals surface area contributed by atoms with E-state index >= 15 is 0 Å². The molecule has 1 aromatic rings. The molecule has 0 aromatic heterocycles. The molecule has 2 aliphatic rings. The Kier molecular flexibility index (Phi) is 8.16. The van der Waals surface area contributed by atoms with E-state index in [2.05, 4.69) is 11.7 Å². The van der Waals surface area contributed by atoms with Crippen LogP contribution in [0.3, 0.4) is 0 Å². The zero-order chi connectivity index (χ0) is 20.8. The Bertz CT molecular complexity index is 666. The molecule has 0 spiro atoms. The molecule has 162 valence electrons. The van der Waals surface area contributed by atoms with Crippen LogP contribution in [0.5, 0.6) is 5.75 Å². The highest BCUT2D eigenvalue weighted by atomic mass is 35.5. The van der Waals surface area contributed by atoms with Crippen molar-refractivity contribution in [1.82, 2.24) is 0 Å². The van der Waals surface area contributed by atoms with Crippen molar-refractivity contribution in [2.45, 2.75) is 83.8 Å². The van der Waals surface area contributed by atoms with Gasteiger partial charge in [-0.1, -0.05) is 44.2 Å². The quantitative estimate of drug-likeness (QED) is 0.428. The minimum atomic E-state index is -3.03. The molecule has 0 N–H and O–H groups in total. The van der Waals surface area contributed by atoms with Gasteiger partial charge in [0.1, 0.15) is 17.4 Å². The van der Waals surface area contributed by atoms with E-state index in [9.17, 15) is 13.6 Å². The fraction of sp³-hybridized carbons (Fsp3) is 0.696. The largest absolute Gasteiger partial charge is 0.459 e. The van der Waals surface area contributed by atoms with Gasteiger partial charge in [0.05, 0.1) is 0 Å². The molecule has 0 saturated heterocycles. The van der Waals surface area contributed by atoms with Crippen molar-refractivity contribution in [2.24, 2.45) is 17.8 Å². The van der Waals surface area contributed by atoms with Gasteiger partial charge in [-0.25, -0.2) is 4.79 Å². The summed E-state index contributed by atoms with van der Waals surface area (Å²) in [5.74, 6) is 1.58. The summed E-state index contributed by atoms with van der Waals surface area (Å²) in [5.41, 5.74) is -0.00827. The van der Waals surface area contributed by atoms with Gasteiger partial charge < -0.3 is 9.47 Å². The summed E-state index contributed by atoms with van der Waals surface area (Å²) in [6.45, 7) is -0.760. The first kappa shape index (κ1) is 22.3.